The van der Waals surface area contributed by atoms with E-state index in [0.29, 0.717) is 0 Å². The molecule has 0 spiro atoms. The van der Waals surface area contributed by atoms with Crippen molar-refractivity contribution in [2.45, 2.75) is 32.3 Å². The molecule has 82 valence electrons. The lowest BCUT2D eigenvalue weighted by atomic mass is 10.0. The number of rotatable bonds is 6. The van der Waals surface area contributed by atoms with Gasteiger partial charge in [0.2, 0.25) is 5.91 Å². The van der Waals surface area contributed by atoms with Crippen LogP contribution in [0.15, 0.2) is 0 Å². The first-order chi connectivity index (χ1) is 6.66. The van der Waals surface area contributed by atoms with Crippen molar-refractivity contribution in [3.8, 4) is 0 Å². The Kier molecular flexibility index (Phi) is 4.35. The first-order valence-corrected chi connectivity index (χ1v) is 5.28. The maximum atomic E-state index is 11.2. The highest BCUT2D eigenvalue weighted by atomic mass is 16.5. The van der Waals surface area contributed by atoms with Gasteiger partial charge in [0.15, 0.2) is 0 Å². The van der Waals surface area contributed by atoms with Crippen molar-refractivity contribution in [2.24, 2.45) is 0 Å². The molecule has 0 atom stereocenters. The molecular weight excluding hydrogens is 180 g/mol. The average Bonchev–Trinajstić information content (AvgIpc) is 2.12. The predicted octanol–water partition coefficient (Wildman–Crippen LogP) is 0.281. The highest BCUT2D eigenvalue weighted by Crippen LogP contribution is 2.14. The first kappa shape index (κ1) is 11.5. The molecule has 0 bridgehead atoms. The lowest BCUT2D eigenvalue weighted by Gasteiger charge is -2.38. The zero-order chi connectivity index (χ0) is 10.4. The van der Waals surface area contributed by atoms with E-state index < -0.39 is 0 Å². The van der Waals surface area contributed by atoms with Gasteiger partial charge >= 0.3 is 0 Å². The molecule has 0 aromatic carbocycles. The fourth-order valence-corrected chi connectivity index (χ4v) is 1.27. The summed E-state index contributed by atoms with van der Waals surface area (Å²) in [6.45, 7) is 6.74. The lowest BCUT2D eigenvalue weighted by Crippen LogP contribution is -2.59. The zero-order valence-corrected chi connectivity index (χ0v) is 9.06. The van der Waals surface area contributed by atoms with Crippen LogP contribution in [0.1, 0.15) is 26.7 Å². The Balaban J connectivity index is 2.03. The number of ether oxygens (including phenoxy) is 1. The molecule has 1 fully saturated rings. The Morgan fingerprint density at radius 2 is 2.29 bits per heavy atom. The Labute approximate surface area is 85.4 Å². The molecule has 4 nitrogen and oxygen atoms in total. The number of carbonyl (C=O) groups excluding carboxylic acids is 1. The van der Waals surface area contributed by atoms with Crippen LogP contribution in [-0.2, 0) is 9.53 Å². The van der Waals surface area contributed by atoms with Crippen LogP contribution < -0.4 is 10.6 Å². The van der Waals surface area contributed by atoms with E-state index in [9.17, 15) is 4.79 Å². The first-order valence-electron chi connectivity index (χ1n) is 5.28. The molecule has 0 saturated carbocycles. The van der Waals surface area contributed by atoms with Crippen LogP contribution in [-0.4, -0.2) is 37.7 Å². The van der Waals surface area contributed by atoms with E-state index in [1.165, 1.54) is 0 Å². The quantitative estimate of drug-likeness (QED) is 0.606. The second-order valence-corrected chi connectivity index (χ2v) is 4.05. The van der Waals surface area contributed by atoms with Gasteiger partial charge in [-0.05, 0) is 13.3 Å². The van der Waals surface area contributed by atoms with Crippen molar-refractivity contribution in [2.75, 3.05) is 26.2 Å². The monoisotopic (exact) mass is 200 g/mol. The summed E-state index contributed by atoms with van der Waals surface area (Å²) < 4.78 is 5.48. The maximum Gasteiger partial charge on any atom is 0.246 e. The molecule has 1 rings (SSSR count). The van der Waals surface area contributed by atoms with Gasteiger partial charge in [-0.1, -0.05) is 13.3 Å². The minimum atomic E-state index is -0.123. The molecule has 1 aliphatic heterocycles. The Morgan fingerprint density at radius 3 is 2.79 bits per heavy atom. The molecule has 1 heterocycles. The van der Waals surface area contributed by atoms with E-state index in [-0.39, 0.29) is 18.1 Å². The second kappa shape index (κ2) is 5.32. The molecular formula is C10H20N2O2. The standard InChI is InChI=1S/C10H20N2O2/c1-3-4-5-12-9(13)6-14-10(2)7-11-8-10/h11H,3-8H2,1-2H3,(H,12,13). The van der Waals surface area contributed by atoms with Gasteiger partial charge in [0, 0.05) is 19.6 Å². The van der Waals surface area contributed by atoms with E-state index in [1.54, 1.807) is 0 Å². The Hall–Kier alpha value is -0.610. The fourth-order valence-electron chi connectivity index (χ4n) is 1.27. The SMILES string of the molecule is CCCCNC(=O)COC1(C)CNC1. The number of hydrogen-bond donors (Lipinski definition) is 2. The number of amides is 1. The van der Waals surface area contributed by atoms with Gasteiger partial charge < -0.3 is 15.4 Å². The summed E-state index contributed by atoms with van der Waals surface area (Å²) in [4.78, 5) is 11.2. The van der Waals surface area contributed by atoms with Crippen molar-refractivity contribution >= 4 is 5.91 Å². The molecule has 2 N–H and O–H groups in total. The van der Waals surface area contributed by atoms with Crippen molar-refractivity contribution in [3.05, 3.63) is 0 Å². The summed E-state index contributed by atoms with van der Waals surface area (Å²) in [5, 5.41) is 5.94. The Bertz CT molecular complexity index is 191. The van der Waals surface area contributed by atoms with Crippen LogP contribution in [0.3, 0.4) is 0 Å². The summed E-state index contributed by atoms with van der Waals surface area (Å²) >= 11 is 0. The topological polar surface area (TPSA) is 50.4 Å². The zero-order valence-electron chi connectivity index (χ0n) is 9.06. The third-order valence-corrected chi connectivity index (χ3v) is 2.40. The van der Waals surface area contributed by atoms with Gasteiger partial charge in [-0.2, -0.15) is 0 Å². The van der Waals surface area contributed by atoms with Crippen molar-refractivity contribution < 1.29 is 9.53 Å². The number of carbonyl (C=O) groups is 1. The third kappa shape index (κ3) is 3.64. The fraction of sp³-hybridized carbons (Fsp3) is 0.900. The summed E-state index contributed by atoms with van der Waals surface area (Å²) in [6.07, 6.45) is 2.13. The molecule has 4 heteroatoms. The van der Waals surface area contributed by atoms with Crippen LogP contribution in [0.25, 0.3) is 0 Å². The average molecular weight is 200 g/mol. The summed E-state index contributed by atoms with van der Waals surface area (Å²) in [6, 6.07) is 0. The molecule has 0 aliphatic carbocycles. The third-order valence-electron chi connectivity index (χ3n) is 2.40. The predicted molar refractivity (Wildman–Crippen MR) is 55.1 cm³/mol. The van der Waals surface area contributed by atoms with E-state index in [2.05, 4.69) is 17.6 Å². The second-order valence-electron chi connectivity index (χ2n) is 4.05. The van der Waals surface area contributed by atoms with E-state index in [0.717, 1.165) is 32.5 Å². The van der Waals surface area contributed by atoms with Crippen molar-refractivity contribution in [3.63, 3.8) is 0 Å². The molecule has 1 saturated heterocycles. The molecule has 0 aromatic heterocycles. The molecule has 0 radical (unpaired) electrons. The van der Waals surface area contributed by atoms with Gasteiger partial charge in [-0.15, -0.1) is 0 Å². The van der Waals surface area contributed by atoms with Crippen molar-refractivity contribution in [1.82, 2.24) is 10.6 Å². The number of unbranched alkanes of at least 4 members (excludes halogenated alkanes) is 1. The van der Waals surface area contributed by atoms with Gasteiger partial charge in [0.1, 0.15) is 6.61 Å². The van der Waals surface area contributed by atoms with E-state index in [1.807, 2.05) is 6.92 Å². The van der Waals surface area contributed by atoms with Gasteiger partial charge in [0.05, 0.1) is 5.60 Å². The normalized spacial score (nSPS) is 18.7. The number of hydrogen-bond acceptors (Lipinski definition) is 3. The lowest BCUT2D eigenvalue weighted by molar-refractivity contribution is -0.135. The van der Waals surface area contributed by atoms with Gasteiger partial charge in [-0.3, -0.25) is 4.79 Å². The van der Waals surface area contributed by atoms with E-state index in [4.69, 9.17) is 4.74 Å². The van der Waals surface area contributed by atoms with Crippen LogP contribution in [0.4, 0.5) is 0 Å². The number of nitrogens with one attached hydrogen (secondary N) is 2. The van der Waals surface area contributed by atoms with Crippen LogP contribution in [0.5, 0.6) is 0 Å². The molecule has 1 amide bonds. The summed E-state index contributed by atoms with van der Waals surface area (Å²) in [5.74, 6) is -0.00780. The molecule has 0 unspecified atom stereocenters. The van der Waals surface area contributed by atoms with Crippen LogP contribution in [0.2, 0.25) is 0 Å². The van der Waals surface area contributed by atoms with Gasteiger partial charge in [-0.25, -0.2) is 0 Å². The van der Waals surface area contributed by atoms with Crippen LogP contribution in [0, 0.1) is 0 Å². The largest absolute Gasteiger partial charge is 0.363 e. The Morgan fingerprint density at radius 1 is 1.57 bits per heavy atom. The smallest absolute Gasteiger partial charge is 0.246 e. The molecule has 14 heavy (non-hydrogen) atoms. The highest BCUT2D eigenvalue weighted by molar-refractivity contribution is 5.77. The van der Waals surface area contributed by atoms with Crippen LogP contribution >= 0.6 is 0 Å². The minimum Gasteiger partial charge on any atom is -0.363 e. The molecule has 0 aromatic rings. The van der Waals surface area contributed by atoms with Crippen molar-refractivity contribution in [1.29, 1.82) is 0 Å². The minimum absolute atomic E-state index is 0.00780. The molecule has 1 aliphatic rings. The van der Waals surface area contributed by atoms with Gasteiger partial charge in [0.25, 0.3) is 0 Å². The summed E-state index contributed by atoms with van der Waals surface area (Å²) in [5.41, 5.74) is -0.123. The van der Waals surface area contributed by atoms with E-state index >= 15 is 0 Å². The summed E-state index contributed by atoms with van der Waals surface area (Å²) in [7, 11) is 0. The highest BCUT2D eigenvalue weighted by Gasteiger charge is 2.32. The maximum absolute atomic E-state index is 11.2.